The molecule has 2 aliphatic rings. The van der Waals surface area contributed by atoms with Crippen molar-refractivity contribution < 1.29 is 32.2 Å². The molecule has 0 unspecified atom stereocenters. The minimum Gasteiger partial charge on any atom is -0.508 e. The fourth-order valence-electron chi connectivity index (χ4n) is 6.23. The van der Waals surface area contributed by atoms with Crippen LogP contribution in [0.25, 0.3) is 5.76 Å². The number of alkyl halides is 3. The molecule has 2 fully saturated rings. The highest BCUT2D eigenvalue weighted by atomic mass is 19.4. The molecule has 0 radical (unpaired) electrons. The molecule has 0 aliphatic carbocycles. The number of Topliss-reactive ketones (excluding diaryl/α,β-unsaturated/α-hetero) is 1. The molecule has 2 aromatic heterocycles. The highest BCUT2D eigenvalue weighted by molar-refractivity contribution is 5.96. The number of piperidine rings is 2. The summed E-state index contributed by atoms with van der Waals surface area (Å²) in [6, 6.07) is 20.8. The van der Waals surface area contributed by atoms with Crippen molar-refractivity contribution in [2.75, 3.05) is 36.0 Å². The second-order valence-corrected chi connectivity index (χ2v) is 12.1. The van der Waals surface area contributed by atoms with Crippen LogP contribution in [-0.2, 0) is 23.9 Å². The number of carbonyl (C=O) groups excluding carboxylic acids is 1. The van der Waals surface area contributed by atoms with Gasteiger partial charge in [-0.05, 0) is 60.4 Å². The molecule has 4 heterocycles. The molecule has 2 aliphatic heterocycles. The van der Waals surface area contributed by atoms with Crippen LogP contribution in [-0.4, -0.2) is 53.1 Å². The van der Waals surface area contributed by atoms with E-state index in [0.717, 1.165) is 50.2 Å². The molecule has 47 heavy (non-hydrogen) atoms. The number of carbonyl (C=O) groups is 1. The van der Waals surface area contributed by atoms with Gasteiger partial charge in [0.15, 0.2) is 5.69 Å². The zero-order chi connectivity index (χ0) is 33.0. The van der Waals surface area contributed by atoms with E-state index in [1.165, 1.54) is 11.8 Å². The molecule has 0 bridgehead atoms. The molecule has 246 valence electrons. The second kappa shape index (κ2) is 14.0. The van der Waals surface area contributed by atoms with Crippen molar-refractivity contribution in [1.29, 1.82) is 0 Å². The van der Waals surface area contributed by atoms with Gasteiger partial charge < -0.3 is 24.1 Å². The monoisotopic (exact) mass is 646 g/mol. The van der Waals surface area contributed by atoms with Gasteiger partial charge in [0.25, 0.3) is 6.01 Å². The maximum Gasteiger partial charge on any atom is 0.437 e. The largest absolute Gasteiger partial charge is 0.508 e. The molecule has 0 atom stereocenters. The molecule has 2 saturated heterocycles. The first kappa shape index (κ1) is 32.3. The number of aromatic nitrogens is 2. The molecular weight excluding hydrogens is 609 g/mol. The standard InChI is InChI=1S/C36H37F3N4O4/c1-24(44)29-9-5-6-26(20-29)23-46-30-14-18-42(19-15-30)32-11-10-25(22-40-32)21-31(45)33-34(36(37,38)39)41-35(47-33)43-16-12-28(13-17-43)27-7-3-2-4-8-27/h2-11,20,22,28,30,44H,1,12-19,21,23H2. The number of ether oxygens (including phenoxy) is 1. The van der Waals surface area contributed by atoms with Crippen molar-refractivity contribution in [3.05, 3.63) is 113 Å². The number of benzene rings is 2. The third-order valence-electron chi connectivity index (χ3n) is 8.86. The summed E-state index contributed by atoms with van der Waals surface area (Å²) in [5, 5.41) is 9.62. The lowest BCUT2D eigenvalue weighted by molar-refractivity contribution is -0.141. The first-order valence-corrected chi connectivity index (χ1v) is 15.8. The predicted molar refractivity (Wildman–Crippen MR) is 173 cm³/mol. The van der Waals surface area contributed by atoms with Gasteiger partial charge in [-0.1, -0.05) is 61.2 Å². The average molecular weight is 647 g/mol. The van der Waals surface area contributed by atoms with Crippen LogP contribution in [0.5, 0.6) is 0 Å². The zero-order valence-corrected chi connectivity index (χ0v) is 26.0. The van der Waals surface area contributed by atoms with Crippen LogP contribution >= 0.6 is 0 Å². The van der Waals surface area contributed by atoms with Gasteiger partial charge in [0, 0.05) is 44.4 Å². The van der Waals surface area contributed by atoms with E-state index in [1.54, 1.807) is 23.1 Å². The van der Waals surface area contributed by atoms with Gasteiger partial charge in [0.05, 0.1) is 12.7 Å². The van der Waals surface area contributed by atoms with E-state index in [0.29, 0.717) is 36.7 Å². The number of oxazole rings is 1. The maximum absolute atomic E-state index is 13.9. The number of hydrogen-bond donors (Lipinski definition) is 1. The molecular formula is C36H37F3N4O4. The van der Waals surface area contributed by atoms with Crippen LogP contribution in [0.2, 0.25) is 0 Å². The highest BCUT2D eigenvalue weighted by Crippen LogP contribution is 2.37. The van der Waals surface area contributed by atoms with Gasteiger partial charge in [-0.3, -0.25) is 4.79 Å². The van der Waals surface area contributed by atoms with Crippen LogP contribution < -0.4 is 9.80 Å². The number of ketones is 1. The van der Waals surface area contributed by atoms with Gasteiger partial charge in [0.2, 0.25) is 11.5 Å². The third kappa shape index (κ3) is 7.85. The maximum atomic E-state index is 13.9. The van der Waals surface area contributed by atoms with E-state index in [4.69, 9.17) is 9.15 Å². The number of pyridine rings is 1. The number of rotatable bonds is 10. The summed E-state index contributed by atoms with van der Waals surface area (Å²) >= 11 is 0. The van der Waals surface area contributed by atoms with Crippen molar-refractivity contribution in [2.24, 2.45) is 0 Å². The summed E-state index contributed by atoms with van der Waals surface area (Å²) in [6.07, 6.45) is -0.427. The Bertz CT molecular complexity index is 1670. The summed E-state index contributed by atoms with van der Waals surface area (Å²) < 4.78 is 53.5. The number of hydrogen-bond acceptors (Lipinski definition) is 8. The van der Waals surface area contributed by atoms with Crippen molar-refractivity contribution in [2.45, 2.75) is 56.9 Å². The van der Waals surface area contributed by atoms with Crippen LogP contribution in [0.15, 0.2) is 83.9 Å². The predicted octanol–water partition coefficient (Wildman–Crippen LogP) is 7.61. The van der Waals surface area contributed by atoms with Crippen LogP contribution in [0, 0.1) is 0 Å². The SMILES string of the molecule is C=C(O)c1cccc(COC2CCN(c3ccc(CC(=O)c4oc(N5CCC(c6ccccc6)CC5)nc4C(F)(F)F)cn3)CC2)c1. The molecule has 0 saturated carbocycles. The summed E-state index contributed by atoms with van der Waals surface area (Å²) in [7, 11) is 0. The van der Waals surface area contributed by atoms with E-state index < -0.39 is 23.4 Å². The zero-order valence-electron chi connectivity index (χ0n) is 26.0. The minimum atomic E-state index is -4.83. The minimum absolute atomic E-state index is 0.0201. The topological polar surface area (TPSA) is 91.9 Å². The van der Waals surface area contributed by atoms with Crippen molar-refractivity contribution in [3.63, 3.8) is 0 Å². The Balaban J connectivity index is 1.03. The Morgan fingerprint density at radius 2 is 1.66 bits per heavy atom. The molecule has 11 heteroatoms. The van der Waals surface area contributed by atoms with Crippen molar-refractivity contribution in [1.82, 2.24) is 9.97 Å². The van der Waals surface area contributed by atoms with Crippen LogP contribution in [0.4, 0.5) is 25.0 Å². The summed E-state index contributed by atoms with van der Waals surface area (Å²) in [4.78, 5) is 25.2. The lowest BCUT2D eigenvalue weighted by atomic mass is 9.90. The lowest BCUT2D eigenvalue weighted by Crippen LogP contribution is -2.37. The van der Waals surface area contributed by atoms with Crippen LogP contribution in [0.1, 0.15) is 70.1 Å². The van der Waals surface area contributed by atoms with Crippen molar-refractivity contribution >= 4 is 23.4 Å². The van der Waals surface area contributed by atoms with E-state index in [-0.39, 0.29) is 24.3 Å². The quantitative estimate of drug-likeness (QED) is 0.139. The Morgan fingerprint density at radius 3 is 2.32 bits per heavy atom. The Morgan fingerprint density at radius 1 is 0.936 bits per heavy atom. The van der Waals surface area contributed by atoms with E-state index >= 15 is 0 Å². The molecule has 8 nitrogen and oxygen atoms in total. The van der Waals surface area contributed by atoms with E-state index in [9.17, 15) is 23.1 Å². The number of anilines is 2. The van der Waals surface area contributed by atoms with E-state index in [2.05, 4.69) is 33.6 Å². The normalized spacial score (nSPS) is 16.4. The van der Waals surface area contributed by atoms with Gasteiger partial charge in [0.1, 0.15) is 11.6 Å². The molecule has 1 N–H and O–H groups in total. The van der Waals surface area contributed by atoms with Gasteiger partial charge in [-0.25, -0.2) is 4.98 Å². The van der Waals surface area contributed by atoms with Gasteiger partial charge in [-0.2, -0.15) is 18.2 Å². The van der Waals surface area contributed by atoms with Crippen LogP contribution in [0.3, 0.4) is 0 Å². The first-order chi connectivity index (χ1) is 22.6. The third-order valence-corrected chi connectivity index (χ3v) is 8.86. The highest BCUT2D eigenvalue weighted by Gasteiger charge is 2.42. The summed E-state index contributed by atoms with van der Waals surface area (Å²) in [5.41, 5.74) is 2.02. The smallest absolute Gasteiger partial charge is 0.437 e. The van der Waals surface area contributed by atoms with E-state index in [1.807, 2.05) is 36.4 Å². The number of aliphatic hydroxyl groups excluding tert-OH is 1. The number of halogens is 3. The second-order valence-electron chi connectivity index (χ2n) is 12.1. The Kier molecular flexibility index (Phi) is 9.63. The molecule has 0 amide bonds. The molecule has 4 aromatic rings. The average Bonchev–Trinajstić information content (AvgIpc) is 3.56. The fourth-order valence-corrected chi connectivity index (χ4v) is 6.23. The van der Waals surface area contributed by atoms with Gasteiger partial charge in [-0.15, -0.1) is 0 Å². The van der Waals surface area contributed by atoms with Gasteiger partial charge >= 0.3 is 6.18 Å². The number of nitrogens with zero attached hydrogens (tertiary/aromatic N) is 4. The number of aliphatic hydroxyl groups is 1. The lowest BCUT2D eigenvalue weighted by Gasteiger charge is -2.32. The first-order valence-electron chi connectivity index (χ1n) is 15.8. The molecule has 0 spiro atoms. The molecule has 6 rings (SSSR count). The summed E-state index contributed by atoms with van der Waals surface area (Å²) in [6.45, 7) is 6.41. The fraction of sp³-hybridized carbons (Fsp3) is 0.361. The molecule has 2 aromatic carbocycles. The Hall–Kier alpha value is -4.64. The summed E-state index contributed by atoms with van der Waals surface area (Å²) in [5.74, 6) is -0.505. The van der Waals surface area contributed by atoms with Crippen molar-refractivity contribution in [3.8, 4) is 0 Å². The Labute approximate surface area is 271 Å².